The molecule has 0 saturated heterocycles. The zero-order chi connectivity index (χ0) is 18.7. The van der Waals surface area contributed by atoms with Crippen LogP contribution in [-0.2, 0) is 23.0 Å². The highest BCUT2D eigenvalue weighted by molar-refractivity contribution is 7.99. The minimum absolute atomic E-state index is 0.0519. The number of hydrogen-bond acceptors (Lipinski definition) is 7. The predicted octanol–water partition coefficient (Wildman–Crippen LogP) is 1.31. The van der Waals surface area contributed by atoms with Gasteiger partial charge < -0.3 is 9.30 Å². The minimum atomic E-state index is -0.356. The lowest BCUT2D eigenvalue weighted by Gasteiger charge is -2.13. The number of rotatable bonds is 7. The average molecular weight is 374 g/mol. The lowest BCUT2D eigenvalue weighted by molar-refractivity contribution is -0.142. The number of amides is 2. The molecule has 1 aromatic heterocycles. The second-order valence-electron chi connectivity index (χ2n) is 5.60. The van der Waals surface area contributed by atoms with E-state index in [9.17, 15) is 14.4 Å². The Balaban J connectivity index is 1.58. The Bertz CT molecular complexity index is 829. The summed E-state index contributed by atoms with van der Waals surface area (Å²) in [6, 6.07) is 6.81. The summed E-state index contributed by atoms with van der Waals surface area (Å²) in [6.45, 7) is 2.34. The number of imide groups is 1. The summed E-state index contributed by atoms with van der Waals surface area (Å²) in [4.78, 5) is 37.4. The van der Waals surface area contributed by atoms with E-state index in [0.717, 1.165) is 0 Å². The third-order valence-electron chi connectivity index (χ3n) is 3.96. The second-order valence-corrected chi connectivity index (χ2v) is 6.66. The fourth-order valence-electron chi connectivity index (χ4n) is 2.64. The molecule has 0 N–H and O–H groups in total. The van der Waals surface area contributed by atoms with Crippen molar-refractivity contribution in [3.63, 3.8) is 0 Å². The highest BCUT2D eigenvalue weighted by Crippen LogP contribution is 2.23. The number of fused-ring (bicyclic) bond motifs is 1. The number of hydrogen-bond donors (Lipinski definition) is 0. The van der Waals surface area contributed by atoms with Crippen LogP contribution in [0.3, 0.4) is 0 Å². The topological polar surface area (TPSA) is 94.4 Å². The zero-order valence-electron chi connectivity index (χ0n) is 14.5. The molecule has 136 valence electrons. The molecule has 0 radical (unpaired) electrons. The smallest absolute Gasteiger partial charge is 0.313 e. The lowest BCUT2D eigenvalue weighted by Crippen LogP contribution is -2.31. The van der Waals surface area contributed by atoms with E-state index >= 15 is 0 Å². The first-order valence-electron chi connectivity index (χ1n) is 8.14. The van der Waals surface area contributed by atoms with Gasteiger partial charge in [-0.05, 0) is 19.1 Å². The first-order valence-corrected chi connectivity index (χ1v) is 9.13. The molecule has 0 bridgehead atoms. The fraction of sp³-hybridized carbons (Fsp3) is 0.353. The van der Waals surface area contributed by atoms with Crippen LogP contribution in [-0.4, -0.2) is 56.4 Å². The quantitative estimate of drug-likeness (QED) is 0.410. The summed E-state index contributed by atoms with van der Waals surface area (Å²) in [5.74, 6) is 0.0909. The standard InChI is InChI=1S/C17H18N4O4S/c1-3-25-14(22)10-13-18-19-17(20(13)2)26-9-8-21-15(23)11-6-4-5-7-12(11)16(21)24/h4-7H,3,8-10H2,1-2H3. The molecule has 0 fully saturated rings. The maximum Gasteiger partial charge on any atom is 0.313 e. The maximum absolute atomic E-state index is 12.3. The van der Waals surface area contributed by atoms with Crippen molar-refractivity contribution in [2.45, 2.75) is 18.5 Å². The van der Waals surface area contributed by atoms with Gasteiger partial charge in [-0.1, -0.05) is 23.9 Å². The number of esters is 1. The molecule has 2 amide bonds. The molecule has 1 aliphatic rings. The van der Waals surface area contributed by atoms with Gasteiger partial charge in [0.2, 0.25) is 0 Å². The van der Waals surface area contributed by atoms with Gasteiger partial charge in [0.05, 0.1) is 17.7 Å². The first-order chi connectivity index (χ1) is 12.5. The van der Waals surface area contributed by atoms with Crippen molar-refractivity contribution in [3.8, 4) is 0 Å². The van der Waals surface area contributed by atoms with Crippen LogP contribution in [0.25, 0.3) is 0 Å². The van der Waals surface area contributed by atoms with Gasteiger partial charge in [0.25, 0.3) is 11.8 Å². The monoisotopic (exact) mass is 374 g/mol. The Morgan fingerprint density at radius 1 is 1.15 bits per heavy atom. The van der Waals surface area contributed by atoms with E-state index < -0.39 is 0 Å². The molecular weight excluding hydrogens is 356 g/mol. The average Bonchev–Trinajstić information content (AvgIpc) is 3.09. The zero-order valence-corrected chi connectivity index (χ0v) is 15.3. The van der Waals surface area contributed by atoms with Gasteiger partial charge in [0.1, 0.15) is 12.2 Å². The van der Waals surface area contributed by atoms with Crippen LogP contribution in [0.15, 0.2) is 29.4 Å². The van der Waals surface area contributed by atoms with E-state index in [0.29, 0.717) is 34.5 Å². The van der Waals surface area contributed by atoms with E-state index in [-0.39, 0.29) is 30.7 Å². The van der Waals surface area contributed by atoms with Gasteiger partial charge in [-0.3, -0.25) is 19.3 Å². The SMILES string of the molecule is CCOC(=O)Cc1nnc(SCCN2C(=O)c3ccccc3C2=O)n1C. The Morgan fingerprint density at radius 3 is 2.42 bits per heavy atom. The van der Waals surface area contributed by atoms with Crippen LogP contribution in [0.1, 0.15) is 33.5 Å². The Labute approximate surface area is 154 Å². The Hall–Kier alpha value is -2.68. The first kappa shape index (κ1) is 18.1. The molecule has 0 spiro atoms. The minimum Gasteiger partial charge on any atom is -0.466 e. The third-order valence-corrected chi connectivity index (χ3v) is 4.96. The molecule has 0 aliphatic carbocycles. The van der Waals surface area contributed by atoms with E-state index in [1.807, 2.05) is 0 Å². The molecule has 3 rings (SSSR count). The number of thioether (sulfide) groups is 1. The van der Waals surface area contributed by atoms with Crippen molar-refractivity contribution in [1.82, 2.24) is 19.7 Å². The van der Waals surface area contributed by atoms with Gasteiger partial charge in [-0.25, -0.2) is 0 Å². The van der Waals surface area contributed by atoms with Crippen LogP contribution in [0.5, 0.6) is 0 Å². The van der Waals surface area contributed by atoms with E-state index in [2.05, 4.69) is 10.2 Å². The van der Waals surface area contributed by atoms with E-state index in [1.165, 1.54) is 16.7 Å². The molecule has 0 atom stereocenters. The number of nitrogens with zero attached hydrogens (tertiary/aromatic N) is 4. The normalized spacial score (nSPS) is 13.2. The molecule has 26 heavy (non-hydrogen) atoms. The van der Waals surface area contributed by atoms with Crippen molar-refractivity contribution in [3.05, 3.63) is 41.2 Å². The largest absolute Gasteiger partial charge is 0.466 e. The molecule has 0 unspecified atom stereocenters. The number of carbonyl (C=O) groups excluding carboxylic acids is 3. The second kappa shape index (κ2) is 7.69. The summed E-state index contributed by atoms with van der Waals surface area (Å²) in [7, 11) is 1.76. The molecule has 2 heterocycles. The molecule has 9 heteroatoms. The summed E-state index contributed by atoms with van der Waals surface area (Å²) < 4.78 is 6.62. The van der Waals surface area contributed by atoms with E-state index in [1.54, 1.807) is 42.8 Å². The van der Waals surface area contributed by atoms with Crippen molar-refractivity contribution < 1.29 is 19.1 Å². The Kier molecular flexibility index (Phi) is 5.36. The summed E-state index contributed by atoms with van der Waals surface area (Å²) in [6.07, 6.45) is 0.0519. The predicted molar refractivity (Wildman–Crippen MR) is 93.9 cm³/mol. The molecular formula is C17H18N4O4S. The van der Waals surface area contributed by atoms with Crippen molar-refractivity contribution >= 4 is 29.5 Å². The van der Waals surface area contributed by atoms with Crippen molar-refractivity contribution in [2.24, 2.45) is 7.05 Å². The summed E-state index contributed by atoms with van der Waals surface area (Å²) in [5, 5.41) is 8.66. The van der Waals surface area contributed by atoms with Crippen LogP contribution >= 0.6 is 11.8 Å². The fourth-order valence-corrected chi connectivity index (χ4v) is 3.49. The molecule has 1 aromatic carbocycles. The number of ether oxygens (including phenoxy) is 1. The van der Waals surface area contributed by atoms with Gasteiger partial charge in [-0.15, -0.1) is 10.2 Å². The molecule has 0 saturated carbocycles. The van der Waals surface area contributed by atoms with Gasteiger partial charge in [-0.2, -0.15) is 0 Å². The number of carbonyl (C=O) groups is 3. The van der Waals surface area contributed by atoms with Crippen molar-refractivity contribution in [1.29, 1.82) is 0 Å². The summed E-state index contributed by atoms with van der Waals surface area (Å²) in [5.41, 5.74) is 0.885. The van der Waals surface area contributed by atoms with Gasteiger partial charge >= 0.3 is 5.97 Å². The molecule has 1 aliphatic heterocycles. The van der Waals surface area contributed by atoms with Crippen molar-refractivity contribution in [2.75, 3.05) is 18.9 Å². The number of benzene rings is 1. The van der Waals surface area contributed by atoms with Crippen LogP contribution in [0.4, 0.5) is 0 Å². The molecule has 8 nitrogen and oxygen atoms in total. The van der Waals surface area contributed by atoms with Crippen LogP contribution < -0.4 is 0 Å². The highest BCUT2D eigenvalue weighted by atomic mass is 32.2. The molecule has 2 aromatic rings. The highest BCUT2D eigenvalue weighted by Gasteiger charge is 2.34. The van der Waals surface area contributed by atoms with Gasteiger partial charge in [0.15, 0.2) is 5.16 Å². The van der Waals surface area contributed by atoms with E-state index in [4.69, 9.17) is 4.74 Å². The lowest BCUT2D eigenvalue weighted by atomic mass is 10.1. The van der Waals surface area contributed by atoms with Gasteiger partial charge in [0, 0.05) is 19.3 Å². The Morgan fingerprint density at radius 2 is 1.81 bits per heavy atom. The number of aromatic nitrogens is 3. The van der Waals surface area contributed by atoms with Crippen LogP contribution in [0.2, 0.25) is 0 Å². The summed E-state index contributed by atoms with van der Waals surface area (Å²) >= 11 is 1.37. The van der Waals surface area contributed by atoms with Crippen LogP contribution in [0, 0.1) is 0 Å². The maximum atomic E-state index is 12.3. The third kappa shape index (κ3) is 3.48.